The molecule has 1 heterocycles. The highest BCUT2D eigenvalue weighted by Gasteiger charge is 2.19. The van der Waals surface area contributed by atoms with Crippen LogP contribution in [0, 0.1) is 6.92 Å². The summed E-state index contributed by atoms with van der Waals surface area (Å²) in [6, 6.07) is 25.2. The number of benzene rings is 4. The first-order valence-electron chi connectivity index (χ1n) is 11.7. The van der Waals surface area contributed by atoms with E-state index in [1.807, 2.05) is 62.8 Å². The van der Waals surface area contributed by atoms with Crippen LogP contribution in [0.25, 0.3) is 32.8 Å². The maximum absolute atomic E-state index is 13.6. The normalized spacial score (nSPS) is 12.0. The highest BCUT2D eigenvalue weighted by Crippen LogP contribution is 2.33. The van der Waals surface area contributed by atoms with E-state index >= 15 is 0 Å². The number of anilines is 1. The molecule has 0 saturated heterocycles. The van der Waals surface area contributed by atoms with Gasteiger partial charge in [-0.25, -0.2) is 8.42 Å². The SMILES string of the molecule is Cc1ccc(-c2cccc3c(S(=O)(=O)Nc4ccc5[nH]cc(CCN(C)C)c5c4)cccc23)cc1. The van der Waals surface area contributed by atoms with Crippen LogP contribution in [0.2, 0.25) is 0 Å². The van der Waals surface area contributed by atoms with E-state index in [1.165, 1.54) is 11.1 Å². The van der Waals surface area contributed by atoms with Crippen molar-refractivity contribution in [3.8, 4) is 11.1 Å². The van der Waals surface area contributed by atoms with E-state index in [9.17, 15) is 8.42 Å². The summed E-state index contributed by atoms with van der Waals surface area (Å²) in [5.74, 6) is 0. The molecule has 0 fully saturated rings. The van der Waals surface area contributed by atoms with Crippen molar-refractivity contribution in [1.82, 2.24) is 9.88 Å². The number of H-pyrrole nitrogens is 1. The van der Waals surface area contributed by atoms with Gasteiger partial charge in [0.05, 0.1) is 4.90 Å². The minimum absolute atomic E-state index is 0.269. The largest absolute Gasteiger partial charge is 0.361 e. The van der Waals surface area contributed by atoms with Gasteiger partial charge in [0.1, 0.15) is 0 Å². The van der Waals surface area contributed by atoms with E-state index in [-0.39, 0.29) is 4.90 Å². The molecule has 0 bridgehead atoms. The van der Waals surface area contributed by atoms with Crippen LogP contribution in [-0.2, 0) is 16.4 Å². The summed E-state index contributed by atoms with van der Waals surface area (Å²) in [5, 5.41) is 2.64. The Labute approximate surface area is 206 Å². The third-order valence-corrected chi connectivity index (χ3v) is 7.82. The molecular formula is C29H29N3O2S. The summed E-state index contributed by atoms with van der Waals surface area (Å²) in [5.41, 5.74) is 5.98. The molecule has 0 unspecified atom stereocenters. The van der Waals surface area contributed by atoms with Crippen LogP contribution >= 0.6 is 0 Å². The van der Waals surface area contributed by atoms with Crippen molar-refractivity contribution in [2.75, 3.05) is 25.4 Å². The molecule has 0 amide bonds. The molecule has 5 aromatic rings. The Bertz CT molecular complexity index is 1620. The van der Waals surface area contributed by atoms with Gasteiger partial charge in [0.15, 0.2) is 0 Å². The molecule has 4 aromatic carbocycles. The first-order valence-corrected chi connectivity index (χ1v) is 13.2. The lowest BCUT2D eigenvalue weighted by Crippen LogP contribution is -2.15. The van der Waals surface area contributed by atoms with Crippen molar-refractivity contribution in [3.63, 3.8) is 0 Å². The van der Waals surface area contributed by atoms with Crippen LogP contribution in [0.3, 0.4) is 0 Å². The zero-order valence-corrected chi connectivity index (χ0v) is 21.0. The predicted molar refractivity (Wildman–Crippen MR) is 145 cm³/mol. The molecule has 178 valence electrons. The summed E-state index contributed by atoms with van der Waals surface area (Å²) < 4.78 is 29.9. The van der Waals surface area contributed by atoms with Crippen molar-refractivity contribution < 1.29 is 8.42 Å². The molecule has 0 saturated carbocycles. The van der Waals surface area contributed by atoms with Gasteiger partial charge in [-0.05, 0) is 73.8 Å². The van der Waals surface area contributed by atoms with Crippen molar-refractivity contribution in [2.24, 2.45) is 0 Å². The fourth-order valence-corrected chi connectivity index (χ4v) is 5.78. The maximum Gasteiger partial charge on any atom is 0.262 e. The number of sulfonamides is 1. The van der Waals surface area contributed by atoms with Crippen LogP contribution in [0.15, 0.2) is 90.0 Å². The fourth-order valence-electron chi connectivity index (χ4n) is 4.50. The van der Waals surface area contributed by atoms with E-state index in [1.54, 1.807) is 12.1 Å². The molecule has 35 heavy (non-hydrogen) atoms. The van der Waals surface area contributed by atoms with Gasteiger partial charge in [-0.15, -0.1) is 0 Å². The monoisotopic (exact) mass is 483 g/mol. The van der Waals surface area contributed by atoms with Gasteiger partial charge >= 0.3 is 0 Å². The maximum atomic E-state index is 13.6. The summed E-state index contributed by atoms with van der Waals surface area (Å²) >= 11 is 0. The van der Waals surface area contributed by atoms with Gasteiger partial charge in [-0.3, -0.25) is 4.72 Å². The van der Waals surface area contributed by atoms with Crippen molar-refractivity contribution >= 4 is 37.4 Å². The number of aromatic amines is 1. The van der Waals surface area contributed by atoms with E-state index in [4.69, 9.17) is 0 Å². The quantitative estimate of drug-likeness (QED) is 0.290. The summed E-state index contributed by atoms with van der Waals surface area (Å²) in [4.78, 5) is 5.69. The molecular weight excluding hydrogens is 454 g/mol. The Morgan fingerprint density at radius 3 is 2.37 bits per heavy atom. The molecule has 0 aliphatic heterocycles. The average Bonchev–Trinajstić information content (AvgIpc) is 3.24. The third-order valence-electron chi connectivity index (χ3n) is 6.38. The van der Waals surface area contributed by atoms with E-state index < -0.39 is 10.0 Å². The first-order chi connectivity index (χ1) is 16.8. The highest BCUT2D eigenvalue weighted by atomic mass is 32.2. The lowest BCUT2D eigenvalue weighted by molar-refractivity contribution is 0.414. The smallest absolute Gasteiger partial charge is 0.262 e. The third kappa shape index (κ3) is 4.67. The topological polar surface area (TPSA) is 65.2 Å². The molecule has 2 N–H and O–H groups in total. The Hall–Kier alpha value is -3.61. The van der Waals surface area contributed by atoms with Crippen LogP contribution < -0.4 is 4.72 Å². The minimum atomic E-state index is -3.80. The van der Waals surface area contributed by atoms with E-state index in [0.717, 1.165) is 40.4 Å². The summed E-state index contributed by atoms with van der Waals surface area (Å²) in [7, 11) is 0.285. The Morgan fingerprint density at radius 2 is 1.60 bits per heavy atom. The van der Waals surface area contributed by atoms with Gasteiger partial charge in [0, 0.05) is 34.7 Å². The van der Waals surface area contributed by atoms with Gasteiger partial charge in [-0.2, -0.15) is 0 Å². The molecule has 1 aromatic heterocycles. The summed E-state index contributed by atoms with van der Waals surface area (Å²) in [6.45, 7) is 2.97. The molecule has 6 heteroatoms. The second-order valence-corrected chi connectivity index (χ2v) is 10.9. The number of rotatable bonds is 7. The Balaban J connectivity index is 1.52. The lowest BCUT2D eigenvalue weighted by atomic mass is 9.98. The van der Waals surface area contributed by atoms with Crippen LogP contribution in [-0.4, -0.2) is 38.9 Å². The van der Waals surface area contributed by atoms with Crippen LogP contribution in [0.5, 0.6) is 0 Å². The van der Waals surface area contributed by atoms with Crippen LogP contribution in [0.4, 0.5) is 5.69 Å². The zero-order valence-electron chi connectivity index (χ0n) is 20.2. The molecule has 0 atom stereocenters. The Kier molecular flexibility index (Phi) is 6.09. The number of aryl methyl sites for hydroxylation is 1. The van der Waals surface area contributed by atoms with Gasteiger partial charge in [-0.1, -0.05) is 60.2 Å². The number of nitrogens with one attached hydrogen (secondary N) is 2. The average molecular weight is 484 g/mol. The fraction of sp³-hybridized carbons (Fsp3) is 0.172. The number of likely N-dealkylation sites (N-methyl/N-ethyl adjacent to an activating group) is 1. The lowest BCUT2D eigenvalue weighted by Gasteiger charge is -2.13. The number of fused-ring (bicyclic) bond motifs is 2. The second-order valence-electron chi connectivity index (χ2n) is 9.26. The second kappa shape index (κ2) is 9.21. The van der Waals surface area contributed by atoms with Gasteiger partial charge in [0.2, 0.25) is 0 Å². The number of hydrogen-bond donors (Lipinski definition) is 2. The first kappa shape index (κ1) is 23.1. The van der Waals surface area contributed by atoms with Gasteiger partial charge in [0.25, 0.3) is 10.0 Å². The van der Waals surface area contributed by atoms with Crippen molar-refractivity contribution in [2.45, 2.75) is 18.2 Å². The van der Waals surface area contributed by atoms with Crippen molar-refractivity contribution in [3.05, 3.63) is 96.2 Å². The number of aromatic nitrogens is 1. The van der Waals surface area contributed by atoms with Crippen molar-refractivity contribution in [1.29, 1.82) is 0 Å². The van der Waals surface area contributed by atoms with E-state index in [2.05, 4.69) is 45.8 Å². The minimum Gasteiger partial charge on any atom is -0.361 e. The highest BCUT2D eigenvalue weighted by molar-refractivity contribution is 7.93. The van der Waals surface area contributed by atoms with Gasteiger partial charge < -0.3 is 9.88 Å². The number of nitrogens with zero attached hydrogens (tertiary/aromatic N) is 1. The Morgan fingerprint density at radius 1 is 0.857 bits per heavy atom. The molecule has 0 radical (unpaired) electrons. The number of hydrogen-bond acceptors (Lipinski definition) is 3. The van der Waals surface area contributed by atoms with E-state index in [0.29, 0.717) is 11.1 Å². The zero-order chi connectivity index (χ0) is 24.6. The molecule has 0 spiro atoms. The molecule has 5 nitrogen and oxygen atoms in total. The molecule has 5 rings (SSSR count). The molecule has 0 aliphatic rings. The molecule has 0 aliphatic carbocycles. The predicted octanol–water partition coefficient (Wildman–Crippen LogP) is 6.20. The van der Waals surface area contributed by atoms with Crippen LogP contribution in [0.1, 0.15) is 11.1 Å². The standard InChI is InChI=1S/C29H29N3O2S/c1-20-10-12-21(13-11-20)24-6-4-8-26-25(24)7-5-9-29(26)35(33,34)31-23-14-15-28-27(18-23)22(19-30-28)16-17-32(2)3/h4-15,18-19,30-31H,16-17H2,1-3H3. The summed E-state index contributed by atoms with van der Waals surface area (Å²) in [6.07, 6.45) is 2.89.